The fourth-order valence-corrected chi connectivity index (χ4v) is 2.55. The van der Waals surface area contributed by atoms with Crippen molar-refractivity contribution in [2.75, 3.05) is 5.32 Å². The van der Waals surface area contributed by atoms with Crippen LogP contribution in [0.25, 0.3) is 5.13 Å². The zero-order valence-electron chi connectivity index (χ0n) is 10.9. The van der Waals surface area contributed by atoms with Gasteiger partial charge in [-0.1, -0.05) is 17.7 Å². The molecule has 0 saturated heterocycles. The Bertz CT molecular complexity index is 714. The molecule has 3 aromatic rings. The van der Waals surface area contributed by atoms with Gasteiger partial charge in [-0.2, -0.15) is 0 Å². The molecule has 100 valence electrons. The molecule has 2 heterocycles. The average Bonchev–Trinajstić information content (AvgIpc) is 3.11. The number of aryl methyl sites for hydroxylation is 1. The maximum absolute atomic E-state index is 12.1. The molecule has 2 aromatic heterocycles. The number of carbonyl (C=O) groups is 1. The van der Waals surface area contributed by atoms with Crippen molar-refractivity contribution in [3.8, 4) is 5.13 Å². The van der Waals surface area contributed by atoms with Crippen molar-refractivity contribution in [1.82, 2.24) is 9.55 Å². The number of hydrogen-bond donors (Lipinski definition) is 1. The molecule has 0 fully saturated rings. The van der Waals surface area contributed by atoms with Crippen molar-refractivity contribution in [2.45, 2.75) is 6.92 Å². The van der Waals surface area contributed by atoms with Gasteiger partial charge in [0, 0.05) is 23.5 Å². The lowest BCUT2D eigenvalue weighted by Crippen LogP contribution is -2.12. The second-order valence-electron chi connectivity index (χ2n) is 4.43. The highest BCUT2D eigenvalue weighted by Crippen LogP contribution is 2.16. The molecule has 20 heavy (non-hydrogen) atoms. The Morgan fingerprint density at radius 3 is 2.60 bits per heavy atom. The van der Waals surface area contributed by atoms with Crippen LogP contribution < -0.4 is 5.32 Å². The Kier molecular flexibility index (Phi) is 3.35. The summed E-state index contributed by atoms with van der Waals surface area (Å²) in [5.41, 5.74) is 2.36. The Morgan fingerprint density at radius 2 is 1.90 bits per heavy atom. The third-order valence-corrected chi connectivity index (χ3v) is 3.71. The van der Waals surface area contributed by atoms with Crippen LogP contribution in [0.15, 0.2) is 54.2 Å². The second-order valence-corrected chi connectivity index (χ2v) is 5.26. The number of thiazole rings is 1. The summed E-state index contributed by atoms with van der Waals surface area (Å²) >= 11 is 1.44. The normalized spacial score (nSPS) is 10.4. The summed E-state index contributed by atoms with van der Waals surface area (Å²) in [4.78, 5) is 16.4. The molecule has 4 nitrogen and oxygen atoms in total. The van der Waals surface area contributed by atoms with Crippen LogP contribution in [0.5, 0.6) is 0 Å². The van der Waals surface area contributed by atoms with Gasteiger partial charge < -0.3 is 9.88 Å². The van der Waals surface area contributed by atoms with Crippen LogP contribution in [0, 0.1) is 6.92 Å². The molecule has 0 atom stereocenters. The van der Waals surface area contributed by atoms with Crippen LogP contribution >= 0.6 is 11.3 Å². The fraction of sp³-hybridized carbons (Fsp3) is 0.0667. The van der Waals surface area contributed by atoms with Crippen molar-refractivity contribution in [1.29, 1.82) is 0 Å². The largest absolute Gasteiger partial charge is 0.321 e. The van der Waals surface area contributed by atoms with Gasteiger partial charge in [0.2, 0.25) is 0 Å². The highest BCUT2D eigenvalue weighted by atomic mass is 32.1. The maximum Gasteiger partial charge on any atom is 0.275 e. The highest BCUT2D eigenvalue weighted by molar-refractivity contribution is 7.12. The molecule has 0 aliphatic rings. The van der Waals surface area contributed by atoms with E-state index in [4.69, 9.17) is 0 Å². The molecule has 0 aliphatic heterocycles. The van der Waals surface area contributed by atoms with Gasteiger partial charge in [0.1, 0.15) is 5.69 Å². The highest BCUT2D eigenvalue weighted by Gasteiger charge is 2.11. The fourth-order valence-electron chi connectivity index (χ4n) is 1.78. The lowest BCUT2D eigenvalue weighted by Gasteiger charge is -2.03. The predicted molar refractivity (Wildman–Crippen MR) is 80.6 cm³/mol. The molecular weight excluding hydrogens is 270 g/mol. The average molecular weight is 283 g/mol. The summed E-state index contributed by atoms with van der Waals surface area (Å²) in [5.74, 6) is -0.191. The lowest BCUT2D eigenvalue weighted by atomic mass is 10.2. The minimum Gasteiger partial charge on any atom is -0.321 e. The molecule has 1 amide bonds. The van der Waals surface area contributed by atoms with Crippen LogP contribution in [-0.2, 0) is 0 Å². The number of nitrogens with one attached hydrogen (secondary N) is 1. The van der Waals surface area contributed by atoms with Gasteiger partial charge in [0.15, 0.2) is 5.13 Å². The number of benzene rings is 1. The monoisotopic (exact) mass is 283 g/mol. The minimum absolute atomic E-state index is 0.191. The van der Waals surface area contributed by atoms with Gasteiger partial charge in [-0.05, 0) is 31.2 Å². The predicted octanol–water partition coefficient (Wildman–Crippen LogP) is 3.49. The lowest BCUT2D eigenvalue weighted by molar-refractivity contribution is 0.102. The maximum atomic E-state index is 12.1. The van der Waals surface area contributed by atoms with E-state index in [1.54, 1.807) is 5.38 Å². The van der Waals surface area contributed by atoms with Gasteiger partial charge in [0.25, 0.3) is 5.91 Å². The first-order valence-electron chi connectivity index (χ1n) is 6.19. The zero-order valence-corrected chi connectivity index (χ0v) is 11.7. The number of amides is 1. The Balaban J connectivity index is 1.76. The Hall–Kier alpha value is -2.40. The van der Waals surface area contributed by atoms with Crippen LogP contribution in [0.2, 0.25) is 0 Å². The van der Waals surface area contributed by atoms with Gasteiger partial charge in [-0.3, -0.25) is 4.79 Å². The molecule has 0 saturated carbocycles. The van der Waals surface area contributed by atoms with Crippen molar-refractivity contribution >= 4 is 22.9 Å². The van der Waals surface area contributed by atoms with Gasteiger partial charge in [-0.25, -0.2) is 4.98 Å². The van der Waals surface area contributed by atoms with Gasteiger partial charge in [-0.15, -0.1) is 11.3 Å². The number of carbonyl (C=O) groups excluding carboxylic acids is 1. The van der Waals surface area contributed by atoms with Crippen molar-refractivity contribution in [3.05, 3.63) is 65.4 Å². The number of nitrogens with zero attached hydrogens (tertiary/aromatic N) is 2. The van der Waals surface area contributed by atoms with E-state index >= 15 is 0 Å². The molecule has 0 bridgehead atoms. The van der Waals surface area contributed by atoms with Crippen LogP contribution in [0.3, 0.4) is 0 Å². The molecule has 0 unspecified atom stereocenters. The van der Waals surface area contributed by atoms with E-state index in [-0.39, 0.29) is 5.91 Å². The molecule has 5 heteroatoms. The topological polar surface area (TPSA) is 46.9 Å². The van der Waals surface area contributed by atoms with Crippen molar-refractivity contribution in [2.24, 2.45) is 0 Å². The number of hydrogen-bond acceptors (Lipinski definition) is 3. The summed E-state index contributed by atoms with van der Waals surface area (Å²) < 4.78 is 1.88. The first-order valence-corrected chi connectivity index (χ1v) is 7.07. The summed E-state index contributed by atoms with van der Waals surface area (Å²) in [5, 5.41) is 5.38. The third-order valence-electron chi connectivity index (χ3n) is 2.86. The standard InChI is InChI=1S/C15H13N3OS/c1-11-4-6-12(7-5-11)16-14(19)13-10-20-15(17-13)18-8-2-3-9-18/h2-10H,1H3,(H,16,19). The molecule has 0 radical (unpaired) electrons. The minimum atomic E-state index is -0.191. The Morgan fingerprint density at radius 1 is 1.20 bits per heavy atom. The molecular formula is C15H13N3OS. The van der Waals surface area contributed by atoms with E-state index in [9.17, 15) is 4.79 Å². The van der Waals surface area contributed by atoms with E-state index in [1.165, 1.54) is 11.3 Å². The van der Waals surface area contributed by atoms with E-state index in [2.05, 4.69) is 10.3 Å². The molecule has 3 rings (SSSR count). The molecule has 0 spiro atoms. The van der Waals surface area contributed by atoms with Crippen LogP contribution in [0.1, 0.15) is 16.1 Å². The molecule has 1 aromatic carbocycles. The second kappa shape index (κ2) is 5.30. The van der Waals surface area contributed by atoms with Crippen molar-refractivity contribution < 1.29 is 4.79 Å². The molecule has 1 N–H and O–H groups in total. The third kappa shape index (κ3) is 2.62. The first-order chi connectivity index (χ1) is 9.72. The first kappa shape index (κ1) is 12.6. The summed E-state index contributed by atoms with van der Waals surface area (Å²) in [6.45, 7) is 2.01. The molecule has 0 aliphatic carbocycles. The van der Waals surface area contributed by atoms with Crippen LogP contribution in [-0.4, -0.2) is 15.5 Å². The SMILES string of the molecule is Cc1ccc(NC(=O)c2csc(-n3cccc3)n2)cc1. The number of rotatable bonds is 3. The van der Waals surface area contributed by atoms with E-state index in [0.717, 1.165) is 16.4 Å². The summed E-state index contributed by atoms with van der Waals surface area (Å²) in [7, 11) is 0. The van der Waals surface area contributed by atoms with Crippen LogP contribution in [0.4, 0.5) is 5.69 Å². The Labute approximate surface area is 120 Å². The number of anilines is 1. The smallest absolute Gasteiger partial charge is 0.275 e. The van der Waals surface area contributed by atoms with Crippen molar-refractivity contribution in [3.63, 3.8) is 0 Å². The van der Waals surface area contributed by atoms with Gasteiger partial charge in [0.05, 0.1) is 0 Å². The number of aromatic nitrogens is 2. The van der Waals surface area contributed by atoms with E-state index in [1.807, 2.05) is 60.3 Å². The van der Waals surface area contributed by atoms with E-state index < -0.39 is 0 Å². The quantitative estimate of drug-likeness (QED) is 0.799. The summed E-state index contributed by atoms with van der Waals surface area (Å²) in [6.07, 6.45) is 3.81. The van der Waals surface area contributed by atoms with Gasteiger partial charge >= 0.3 is 0 Å². The van der Waals surface area contributed by atoms with E-state index in [0.29, 0.717) is 5.69 Å². The summed E-state index contributed by atoms with van der Waals surface area (Å²) in [6, 6.07) is 11.5. The zero-order chi connectivity index (χ0) is 13.9.